The van der Waals surface area contributed by atoms with E-state index in [1.807, 2.05) is 19.2 Å². The smallest absolute Gasteiger partial charge is 0.280 e. The highest BCUT2D eigenvalue weighted by atomic mass is 16.2. The van der Waals surface area contributed by atoms with Gasteiger partial charge in [0.15, 0.2) is 0 Å². The summed E-state index contributed by atoms with van der Waals surface area (Å²) in [4.78, 5) is 25.3. The molecular weight excluding hydrogens is 470 g/mol. The van der Waals surface area contributed by atoms with E-state index in [1.54, 1.807) is 4.90 Å². The molecule has 4 aliphatic rings. The number of carbonyl (C=O) groups excluding carboxylic acids is 1. The molecule has 0 aromatic heterocycles. The minimum atomic E-state index is -0.475. The van der Waals surface area contributed by atoms with E-state index in [1.165, 1.54) is 28.7 Å². The lowest BCUT2D eigenvalue weighted by Gasteiger charge is -2.39. The molecule has 0 unspecified atom stereocenters. The number of hydrogen-bond acceptors (Lipinski definition) is 5. The fourth-order valence-electron chi connectivity index (χ4n) is 6.64. The fourth-order valence-corrected chi connectivity index (χ4v) is 6.64. The Morgan fingerprint density at radius 1 is 0.895 bits per heavy atom. The molecule has 0 saturated heterocycles. The number of guanidine groups is 1. The first-order chi connectivity index (χ1) is 18.5. The summed E-state index contributed by atoms with van der Waals surface area (Å²) in [6.07, 6.45) is 4.14. The number of aliphatic imine (C=N–C) groups is 1. The van der Waals surface area contributed by atoms with Gasteiger partial charge >= 0.3 is 0 Å². The Morgan fingerprint density at radius 2 is 1.58 bits per heavy atom. The van der Waals surface area contributed by atoms with Crippen molar-refractivity contribution in [3.05, 3.63) is 108 Å². The van der Waals surface area contributed by atoms with E-state index >= 15 is 0 Å². The van der Waals surface area contributed by atoms with Crippen LogP contribution in [0.2, 0.25) is 0 Å². The van der Waals surface area contributed by atoms with Gasteiger partial charge in [0.1, 0.15) is 17.2 Å². The molecule has 0 spiro atoms. The fraction of sp³-hybridized carbons (Fsp3) is 0.312. The number of hydrogen-bond donors (Lipinski definition) is 1. The van der Waals surface area contributed by atoms with Crippen molar-refractivity contribution < 1.29 is 4.79 Å². The highest BCUT2D eigenvalue weighted by Gasteiger charge is 2.55. The third kappa shape index (κ3) is 3.62. The molecule has 6 nitrogen and oxygen atoms in total. The van der Waals surface area contributed by atoms with E-state index in [0.717, 1.165) is 36.7 Å². The van der Waals surface area contributed by atoms with E-state index in [9.17, 15) is 4.79 Å². The van der Waals surface area contributed by atoms with Gasteiger partial charge in [0.05, 0.1) is 12.1 Å². The van der Waals surface area contributed by atoms with E-state index in [2.05, 4.69) is 94.8 Å². The Labute approximate surface area is 224 Å². The van der Waals surface area contributed by atoms with Crippen LogP contribution in [-0.2, 0) is 17.8 Å². The van der Waals surface area contributed by atoms with Crippen molar-refractivity contribution in [2.45, 2.75) is 56.9 Å². The third-order valence-electron chi connectivity index (χ3n) is 8.59. The first-order valence-corrected chi connectivity index (χ1v) is 13.7. The molecule has 192 valence electrons. The van der Waals surface area contributed by atoms with Crippen LogP contribution in [0.1, 0.15) is 37.3 Å². The molecule has 3 aromatic rings. The molecule has 1 amide bonds. The molecule has 3 aliphatic heterocycles. The van der Waals surface area contributed by atoms with Gasteiger partial charge in [0.25, 0.3) is 5.91 Å². The van der Waals surface area contributed by atoms with Crippen LogP contribution in [0, 0.1) is 0 Å². The number of nitrogens with zero attached hydrogens (tertiary/aromatic N) is 4. The number of carbonyl (C=O) groups is 1. The second-order valence-electron chi connectivity index (χ2n) is 11.1. The Hall–Kier alpha value is -4.06. The zero-order valence-electron chi connectivity index (χ0n) is 22.0. The number of rotatable bonds is 5. The second-order valence-corrected chi connectivity index (χ2v) is 11.1. The van der Waals surface area contributed by atoms with Gasteiger partial charge in [-0.05, 0) is 48.4 Å². The predicted octanol–water partition coefficient (Wildman–Crippen LogP) is 4.95. The largest absolute Gasteiger partial charge is 0.347 e. The van der Waals surface area contributed by atoms with Gasteiger partial charge in [-0.2, -0.15) is 0 Å². The van der Waals surface area contributed by atoms with Gasteiger partial charge in [0, 0.05) is 20.0 Å². The number of fused-ring (bicyclic) bond motifs is 4. The summed E-state index contributed by atoms with van der Waals surface area (Å²) < 4.78 is 0. The Bertz CT molecular complexity index is 1430. The molecule has 1 saturated carbocycles. The number of likely N-dealkylation sites (N-methyl/N-ethyl adjacent to an activating group) is 1. The van der Waals surface area contributed by atoms with Crippen molar-refractivity contribution in [1.82, 2.24) is 20.0 Å². The summed E-state index contributed by atoms with van der Waals surface area (Å²) >= 11 is 0. The predicted molar refractivity (Wildman–Crippen MR) is 150 cm³/mol. The second kappa shape index (κ2) is 8.76. The van der Waals surface area contributed by atoms with Crippen LogP contribution >= 0.6 is 0 Å². The van der Waals surface area contributed by atoms with Gasteiger partial charge in [-0.15, -0.1) is 0 Å². The van der Waals surface area contributed by atoms with E-state index < -0.39 is 5.66 Å². The van der Waals surface area contributed by atoms with Crippen molar-refractivity contribution in [3.8, 4) is 11.1 Å². The average molecular weight is 504 g/mol. The van der Waals surface area contributed by atoms with Crippen LogP contribution in [0.15, 0.2) is 101 Å². The molecule has 1 aliphatic carbocycles. The summed E-state index contributed by atoms with van der Waals surface area (Å²) in [6, 6.07) is 30.4. The molecule has 6 heteroatoms. The van der Waals surface area contributed by atoms with Crippen molar-refractivity contribution in [1.29, 1.82) is 0 Å². The maximum atomic E-state index is 13.9. The van der Waals surface area contributed by atoms with Crippen molar-refractivity contribution in [2.75, 3.05) is 7.05 Å². The van der Waals surface area contributed by atoms with Gasteiger partial charge < -0.3 is 10.2 Å². The quantitative estimate of drug-likeness (QED) is 0.535. The van der Waals surface area contributed by atoms with Crippen LogP contribution in [-0.4, -0.2) is 51.4 Å². The van der Waals surface area contributed by atoms with Gasteiger partial charge in [0.2, 0.25) is 5.96 Å². The Balaban J connectivity index is 1.26. The Kier molecular flexibility index (Phi) is 5.32. The molecule has 1 fully saturated rings. The monoisotopic (exact) mass is 503 g/mol. The highest BCUT2D eigenvalue weighted by molar-refractivity contribution is 6.09. The number of benzene rings is 3. The van der Waals surface area contributed by atoms with E-state index in [0.29, 0.717) is 12.6 Å². The van der Waals surface area contributed by atoms with E-state index in [-0.39, 0.29) is 11.9 Å². The van der Waals surface area contributed by atoms with Gasteiger partial charge in [-0.25, -0.2) is 4.99 Å². The van der Waals surface area contributed by atoms with Crippen LogP contribution in [0.3, 0.4) is 0 Å². The van der Waals surface area contributed by atoms with Crippen molar-refractivity contribution >= 4 is 11.9 Å². The van der Waals surface area contributed by atoms with Crippen LogP contribution in [0.5, 0.6) is 0 Å². The third-order valence-corrected chi connectivity index (χ3v) is 8.59. The molecule has 0 bridgehead atoms. The summed E-state index contributed by atoms with van der Waals surface area (Å²) in [5.41, 5.74) is 5.12. The minimum absolute atomic E-state index is 0.0153. The number of amides is 1. The van der Waals surface area contributed by atoms with Gasteiger partial charge in [-0.3, -0.25) is 14.6 Å². The van der Waals surface area contributed by atoms with Crippen molar-refractivity contribution in [3.63, 3.8) is 0 Å². The first-order valence-electron chi connectivity index (χ1n) is 13.7. The van der Waals surface area contributed by atoms with Crippen LogP contribution in [0.25, 0.3) is 11.1 Å². The minimum Gasteiger partial charge on any atom is -0.347 e. The summed E-state index contributed by atoms with van der Waals surface area (Å²) in [6.45, 7) is 2.88. The summed E-state index contributed by atoms with van der Waals surface area (Å²) in [5, 5.41) is 3.87. The lowest BCUT2D eigenvalue weighted by atomic mass is 9.97. The maximum absolute atomic E-state index is 13.9. The zero-order valence-corrected chi connectivity index (χ0v) is 22.0. The summed E-state index contributed by atoms with van der Waals surface area (Å²) in [7, 11) is 1.87. The average Bonchev–Trinajstić information content (AvgIpc) is 3.61. The molecule has 38 heavy (non-hydrogen) atoms. The Morgan fingerprint density at radius 3 is 2.32 bits per heavy atom. The highest BCUT2D eigenvalue weighted by Crippen LogP contribution is 2.43. The maximum Gasteiger partial charge on any atom is 0.280 e. The molecule has 0 radical (unpaired) electrons. The van der Waals surface area contributed by atoms with Crippen LogP contribution in [0.4, 0.5) is 0 Å². The zero-order chi connectivity index (χ0) is 25.9. The summed E-state index contributed by atoms with van der Waals surface area (Å²) in [5.74, 6) is 1.74. The van der Waals surface area contributed by atoms with Gasteiger partial charge in [-0.1, -0.05) is 84.9 Å². The molecule has 3 heterocycles. The standard InChI is InChI=1S/C32H33N5O/c1-32(20-22-16-18-25(19-17-22)24-12-7-4-8-13-24)34-29-28(36(32)21-23-10-5-3-6-11-23)30(38)35(2)31-33-26-14-9-15-27(26)37(29)31/h3-8,10-13,16-19,26-27,34H,9,14-15,20-21H2,1-2H3/t26-,27+,32+/m1/s1. The topological polar surface area (TPSA) is 51.2 Å². The molecule has 1 N–H and O–H groups in total. The molecule has 3 atom stereocenters. The lowest BCUT2D eigenvalue weighted by molar-refractivity contribution is -0.125. The molecular formula is C32H33N5O. The van der Waals surface area contributed by atoms with Crippen LogP contribution < -0.4 is 5.32 Å². The van der Waals surface area contributed by atoms with E-state index in [4.69, 9.17) is 4.99 Å². The SMILES string of the molecule is CN1C(=O)C2=C(N[C@](C)(Cc3ccc(-c4ccccc4)cc3)N2Cc2ccccc2)N2C1=N[C@@H]1CCC[C@@H]12. The lowest BCUT2D eigenvalue weighted by Crippen LogP contribution is -2.53. The normalized spacial score (nSPS) is 25.8. The first kappa shape index (κ1) is 23.1. The molecule has 3 aromatic carbocycles. The molecule has 7 rings (SSSR count). The van der Waals surface area contributed by atoms with Crippen molar-refractivity contribution in [2.24, 2.45) is 4.99 Å². The number of nitrogens with one attached hydrogen (secondary N) is 1.